The number of aromatic nitrogens is 2. The van der Waals surface area contributed by atoms with E-state index in [1.54, 1.807) is 0 Å². The molecule has 0 amide bonds. The minimum Gasteiger partial charge on any atom is -0.381 e. The van der Waals surface area contributed by atoms with Gasteiger partial charge in [0, 0.05) is 30.7 Å². The first-order chi connectivity index (χ1) is 9.92. The summed E-state index contributed by atoms with van der Waals surface area (Å²) in [5.74, 6) is 1.76. The molecule has 1 N–H and O–H groups in total. The number of hydrogen-bond acceptors (Lipinski definition) is 3. The Hall–Kier alpha value is -1.81. The highest BCUT2D eigenvalue weighted by Crippen LogP contribution is 2.35. The molecule has 20 heavy (non-hydrogen) atoms. The number of nitrogens with zero attached hydrogens (tertiary/aromatic N) is 2. The highest BCUT2D eigenvalue weighted by molar-refractivity contribution is 5.63. The van der Waals surface area contributed by atoms with Crippen LogP contribution in [0.1, 0.15) is 18.9 Å². The highest BCUT2D eigenvalue weighted by atomic mass is 16.5. The summed E-state index contributed by atoms with van der Waals surface area (Å²) in [6.45, 7) is 2.81. The van der Waals surface area contributed by atoms with Gasteiger partial charge in [0.25, 0.3) is 0 Å². The summed E-state index contributed by atoms with van der Waals surface area (Å²) >= 11 is 0. The number of rotatable bonds is 2. The van der Waals surface area contributed by atoms with Crippen LogP contribution in [0.5, 0.6) is 0 Å². The van der Waals surface area contributed by atoms with Gasteiger partial charge >= 0.3 is 0 Å². The van der Waals surface area contributed by atoms with Gasteiger partial charge < -0.3 is 10.1 Å². The second kappa shape index (κ2) is 4.94. The molecular formula is C16H19N3O. The molecule has 0 saturated carbocycles. The summed E-state index contributed by atoms with van der Waals surface area (Å²) in [6.07, 6.45) is 2.29. The van der Waals surface area contributed by atoms with Crippen molar-refractivity contribution in [3.05, 3.63) is 36.4 Å². The Labute approximate surface area is 118 Å². The fourth-order valence-corrected chi connectivity index (χ4v) is 3.29. The molecular weight excluding hydrogens is 250 g/mol. The molecule has 1 fully saturated rings. The number of benzene rings is 1. The van der Waals surface area contributed by atoms with Crippen LogP contribution >= 0.6 is 0 Å². The van der Waals surface area contributed by atoms with Crippen molar-refractivity contribution in [1.29, 1.82) is 0 Å². The van der Waals surface area contributed by atoms with E-state index in [9.17, 15) is 0 Å². The van der Waals surface area contributed by atoms with Crippen molar-refractivity contribution < 1.29 is 4.74 Å². The normalized spacial score (nSPS) is 25.2. The predicted octanol–water partition coefficient (Wildman–Crippen LogP) is 2.94. The van der Waals surface area contributed by atoms with Crippen LogP contribution in [0.15, 0.2) is 36.4 Å². The average molecular weight is 269 g/mol. The Morgan fingerprint density at radius 1 is 1.20 bits per heavy atom. The second-order valence-electron chi connectivity index (χ2n) is 5.63. The molecule has 1 aromatic carbocycles. The third-order valence-electron chi connectivity index (χ3n) is 4.37. The molecule has 0 bridgehead atoms. The van der Waals surface area contributed by atoms with Crippen LogP contribution < -0.4 is 5.32 Å². The van der Waals surface area contributed by atoms with E-state index in [-0.39, 0.29) is 0 Å². The topological polar surface area (TPSA) is 39.1 Å². The van der Waals surface area contributed by atoms with Crippen LogP contribution in [0.4, 0.5) is 5.82 Å². The van der Waals surface area contributed by atoms with Crippen molar-refractivity contribution in [2.75, 3.05) is 25.1 Å². The molecule has 104 valence electrons. The Balaban J connectivity index is 1.70. The van der Waals surface area contributed by atoms with Gasteiger partial charge in [-0.05, 0) is 12.8 Å². The zero-order chi connectivity index (χ0) is 13.4. The Kier molecular flexibility index (Phi) is 2.96. The van der Waals surface area contributed by atoms with Crippen LogP contribution in [-0.2, 0) is 4.74 Å². The van der Waals surface area contributed by atoms with Gasteiger partial charge in [-0.3, -0.25) is 0 Å². The first-order valence-electron chi connectivity index (χ1n) is 7.38. The smallest absolute Gasteiger partial charge is 0.125 e. The maximum atomic E-state index is 5.56. The van der Waals surface area contributed by atoms with E-state index < -0.39 is 0 Å². The standard InChI is InChI=1S/C16H19N3O/c1-2-4-12(5-3-1)14-10-16-17-8-6-15(19(16)18-14)13-7-9-20-11-13/h1-5,10,13,15,17H,6-9,11H2. The molecule has 2 aromatic rings. The Morgan fingerprint density at radius 3 is 2.90 bits per heavy atom. The summed E-state index contributed by atoms with van der Waals surface area (Å²) < 4.78 is 7.74. The van der Waals surface area contributed by atoms with E-state index in [0.717, 1.165) is 44.1 Å². The molecule has 3 heterocycles. The van der Waals surface area contributed by atoms with E-state index in [2.05, 4.69) is 40.3 Å². The molecule has 4 rings (SSSR count). The van der Waals surface area contributed by atoms with Crippen molar-refractivity contribution >= 4 is 5.82 Å². The van der Waals surface area contributed by atoms with Crippen molar-refractivity contribution in [3.63, 3.8) is 0 Å². The SMILES string of the molecule is c1ccc(-c2cc3n(n2)C(C2CCOC2)CCN3)cc1. The van der Waals surface area contributed by atoms with Crippen molar-refractivity contribution in [2.24, 2.45) is 5.92 Å². The van der Waals surface area contributed by atoms with Crippen molar-refractivity contribution in [1.82, 2.24) is 9.78 Å². The summed E-state index contributed by atoms with van der Waals surface area (Å²) in [7, 11) is 0. The largest absolute Gasteiger partial charge is 0.381 e. The number of fused-ring (bicyclic) bond motifs is 1. The quantitative estimate of drug-likeness (QED) is 0.911. The van der Waals surface area contributed by atoms with E-state index in [0.29, 0.717) is 12.0 Å². The predicted molar refractivity (Wildman–Crippen MR) is 78.7 cm³/mol. The molecule has 4 heteroatoms. The van der Waals surface area contributed by atoms with Crippen LogP contribution in [0, 0.1) is 5.92 Å². The number of hydrogen-bond donors (Lipinski definition) is 1. The van der Waals surface area contributed by atoms with Gasteiger partial charge in [-0.25, -0.2) is 4.68 Å². The molecule has 1 aromatic heterocycles. The Morgan fingerprint density at radius 2 is 2.10 bits per heavy atom. The molecule has 2 atom stereocenters. The summed E-state index contributed by atoms with van der Waals surface area (Å²) in [5, 5.41) is 8.31. The minimum absolute atomic E-state index is 0.478. The van der Waals surface area contributed by atoms with Gasteiger partial charge in [0.2, 0.25) is 0 Å². The van der Waals surface area contributed by atoms with Gasteiger partial charge in [0.15, 0.2) is 0 Å². The third-order valence-corrected chi connectivity index (χ3v) is 4.37. The third kappa shape index (κ3) is 2.00. The van der Waals surface area contributed by atoms with Gasteiger partial charge in [-0.1, -0.05) is 30.3 Å². The first kappa shape index (κ1) is 12.0. The summed E-state index contributed by atoms with van der Waals surface area (Å²) in [6, 6.07) is 13.0. The lowest BCUT2D eigenvalue weighted by atomic mass is 9.95. The number of ether oxygens (including phenoxy) is 1. The monoisotopic (exact) mass is 269 g/mol. The molecule has 0 aliphatic carbocycles. The average Bonchev–Trinajstić information content (AvgIpc) is 3.17. The first-order valence-corrected chi connectivity index (χ1v) is 7.38. The van der Waals surface area contributed by atoms with Crippen molar-refractivity contribution in [3.8, 4) is 11.3 Å². The van der Waals surface area contributed by atoms with E-state index in [1.807, 2.05) is 6.07 Å². The molecule has 1 saturated heterocycles. The lowest BCUT2D eigenvalue weighted by Gasteiger charge is -2.29. The molecule has 0 radical (unpaired) electrons. The molecule has 2 aliphatic heterocycles. The van der Waals surface area contributed by atoms with Crippen LogP contribution in [0.2, 0.25) is 0 Å². The second-order valence-corrected chi connectivity index (χ2v) is 5.63. The van der Waals surface area contributed by atoms with Gasteiger partial charge in [0.1, 0.15) is 5.82 Å². The maximum Gasteiger partial charge on any atom is 0.125 e. The maximum absolute atomic E-state index is 5.56. The number of anilines is 1. The number of nitrogens with one attached hydrogen (secondary N) is 1. The summed E-state index contributed by atoms with van der Waals surface area (Å²) in [4.78, 5) is 0. The van der Waals surface area contributed by atoms with Gasteiger partial charge in [-0.2, -0.15) is 5.10 Å². The molecule has 4 nitrogen and oxygen atoms in total. The van der Waals surface area contributed by atoms with Gasteiger partial charge in [0.05, 0.1) is 18.3 Å². The molecule has 2 unspecified atom stereocenters. The fraction of sp³-hybridized carbons (Fsp3) is 0.438. The zero-order valence-electron chi connectivity index (χ0n) is 11.5. The lowest BCUT2D eigenvalue weighted by molar-refractivity contribution is 0.167. The van der Waals surface area contributed by atoms with Gasteiger partial charge in [-0.15, -0.1) is 0 Å². The van der Waals surface area contributed by atoms with E-state index in [4.69, 9.17) is 9.84 Å². The van der Waals surface area contributed by atoms with E-state index >= 15 is 0 Å². The highest BCUT2D eigenvalue weighted by Gasteiger charge is 2.31. The molecule has 2 aliphatic rings. The Bertz CT molecular complexity index is 587. The minimum atomic E-state index is 0.478. The van der Waals surface area contributed by atoms with Crippen LogP contribution in [-0.4, -0.2) is 29.5 Å². The van der Waals surface area contributed by atoms with Crippen LogP contribution in [0.25, 0.3) is 11.3 Å². The summed E-state index contributed by atoms with van der Waals surface area (Å²) in [5.41, 5.74) is 2.23. The lowest BCUT2D eigenvalue weighted by Crippen LogP contribution is -2.29. The zero-order valence-corrected chi connectivity index (χ0v) is 11.5. The molecule has 0 spiro atoms. The fourth-order valence-electron chi connectivity index (χ4n) is 3.29. The van der Waals surface area contributed by atoms with E-state index in [1.165, 1.54) is 5.56 Å². The van der Waals surface area contributed by atoms with Crippen molar-refractivity contribution in [2.45, 2.75) is 18.9 Å². The van der Waals surface area contributed by atoms with Crippen LogP contribution in [0.3, 0.4) is 0 Å².